The van der Waals surface area contributed by atoms with Crippen LogP contribution in [0.2, 0.25) is 0 Å². The van der Waals surface area contributed by atoms with E-state index >= 15 is 0 Å². The van der Waals surface area contributed by atoms with Crippen LogP contribution in [0.1, 0.15) is 22.3 Å². The summed E-state index contributed by atoms with van der Waals surface area (Å²) in [5.74, 6) is 0.0775. The van der Waals surface area contributed by atoms with Gasteiger partial charge in [-0.15, -0.1) is 0 Å². The molecule has 3 rings (SSSR count). The van der Waals surface area contributed by atoms with Crippen molar-refractivity contribution < 1.29 is 9.53 Å². The number of rotatable bonds is 5. The Bertz CT molecular complexity index is 1020. The number of carbonyl (C=O) groups is 1. The smallest absolute Gasteiger partial charge is 0.336 e. The SMILES string of the molecule is Cc1ccc(N=Cc2ccc(OC(=O)C=Cc3ccc(Br)cc3)cc2)c(C)c1. The summed E-state index contributed by atoms with van der Waals surface area (Å²) in [5.41, 5.74) is 5.17. The van der Waals surface area contributed by atoms with Crippen LogP contribution in [-0.2, 0) is 4.79 Å². The molecule has 0 aliphatic heterocycles. The number of hydrogen-bond donors (Lipinski definition) is 0. The van der Waals surface area contributed by atoms with Crippen LogP contribution in [0.4, 0.5) is 5.69 Å². The highest BCUT2D eigenvalue weighted by atomic mass is 79.9. The van der Waals surface area contributed by atoms with Gasteiger partial charge < -0.3 is 4.74 Å². The number of hydrogen-bond acceptors (Lipinski definition) is 3. The van der Waals surface area contributed by atoms with Gasteiger partial charge in [0.05, 0.1) is 5.69 Å². The molecule has 3 aromatic rings. The monoisotopic (exact) mass is 433 g/mol. The highest BCUT2D eigenvalue weighted by Crippen LogP contribution is 2.20. The molecular weight excluding hydrogens is 414 g/mol. The van der Waals surface area contributed by atoms with Crippen LogP contribution in [0.5, 0.6) is 5.75 Å². The zero-order valence-electron chi connectivity index (χ0n) is 15.7. The van der Waals surface area contributed by atoms with Crippen molar-refractivity contribution in [2.45, 2.75) is 13.8 Å². The topological polar surface area (TPSA) is 38.7 Å². The van der Waals surface area contributed by atoms with Gasteiger partial charge in [-0.25, -0.2) is 4.79 Å². The van der Waals surface area contributed by atoms with Crippen LogP contribution in [0.15, 0.2) is 82.3 Å². The number of carbonyl (C=O) groups excluding carboxylic acids is 1. The standard InChI is InChI=1S/C24H20BrNO2/c1-17-3-13-23(18(2)15-17)26-16-20-6-11-22(12-7-20)28-24(27)14-8-19-4-9-21(25)10-5-19/h3-16H,1-2H3. The molecule has 0 spiro atoms. The van der Waals surface area contributed by atoms with Gasteiger partial charge in [0.15, 0.2) is 0 Å². The lowest BCUT2D eigenvalue weighted by Gasteiger charge is -2.03. The molecule has 3 nitrogen and oxygen atoms in total. The van der Waals surface area contributed by atoms with E-state index in [2.05, 4.69) is 33.9 Å². The predicted octanol–water partition coefficient (Wildman–Crippen LogP) is 6.44. The molecule has 28 heavy (non-hydrogen) atoms. The molecule has 0 atom stereocenters. The average molecular weight is 434 g/mol. The Labute approximate surface area is 173 Å². The summed E-state index contributed by atoms with van der Waals surface area (Å²) >= 11 is 3.38. The molecule has 0 fully saturated rings. The molecule has 0 unspecified atom stereocenters. The van der Waals surface area contributed by atoms with Crippen molar-refractivity contribution in [3.05, 3.63) is 99.5 Å². The van der Waals surface area contributed by atoms with Crippen molar-refractivity contribution in [2.75, 3.05) is 0 Å². The Morgan fingerprint density at radius 3 is 2.29 bits per heavy atom. The zero-order valence-corrected chi connectivity index (χ0v) is 17.3. The third-order valence-corrected chi connectivity index (χ3v) is 4.61. The first-order valence-corrected chi connectivity index (χ1v) is 9.66. The lowest BCUT2D eigenvalue weighted by Crippen LogP contribution is -2.03. The Morgan fingerprint density at radius 1 is 0.929 bits per heavy atom. The molecule has 140 valence electrons. The first kappa shape index (κ1) is 19.8. The van der Waals surface area contributed by atoms with Crippen molar-refractivity contribution in [1.82, 2.24) is 0 Å². The van der Waals surface area contributed by atoms with Gasteiger partial charge >= 0.3 is 5.97 Å². The maximum Gasteiger partial charge on any atom is 0.336 e. The highest BCUT2D eigenvalue weighted by Gasteiger charge is 2.01. The quantitative estimate of drug-likeness (QED) is 0.201. The van der Waals surface area contributed by atoms with E-state index in [1.807, 2.05) is 55.5 Å². The van der Waals surface area contributed by atoms with E-state index in [1.165, 1.54) is 11.6 Å². The minimum absolute atomic E-state index is 0.417. The number of aliphatic imine (C=N–C) groups is 1. The van der Waals surface area contributed by atoms with Crippen LogP contribution in [0, 0.1) is 13.8 Å². The molecule has 0 bridgehead atoms. The molecule has 0 N–H and O–H groups in total. The van der Waals surface area contributed by atoms with Gasteiger partial charge in [-0.2, -0.15) is 0 Å². The summed E-state index contributed by atoms with van der Waals surface area (Å²) in [5, 5.41) is 0. The van der Waals surface area contributed by atoms with Crippen molar-refractivity contribution in [2.24, 2.45) is 4.99 Å². The molecule has 0 aliphatic rings. The van der Waals surface area contributed by atoms with Gasteiger partial charge in [0, 0.05) is 16.8 Å². The lowest BCUT2D eigenvalue weighted by molar-refractivity contribution is -0.128. The molecule has 0 saturated heterocycles. The highest BCUT2D eigenvalue weighted by molar-refractivity contribution is 9.10. The van der Waals surface area contributed by atoms with E-state index < -0.39 is 5.97 Å². The number of halogens is 1. The largest absolute Gasteiger partial charge is 0.423 e. The fraction of sp³-hybridized carbons (Fsp3) is 0.0833. The van der Waals surface area contributed by atoms with Gasteiger partial charge in [0.1, 0.15) is 5.75 Å². The van der Waals surface area contributed by atoms with Crippen molar-refractivity contribution >= 4 is 39.9 Å². The first-order valence-electron chi connectivity index (χ1n) is 8.86. The van der Waals surface area contributed by atoms with E-state index in [9.17, 15) is 4.79 Å². The molecule has 0 heterocycles. The molecule has 0 aliphatic carbocycles. The molecule has 0 saturated carbocycles. The molecule has 4 heteroatoms. The molecule has 0 radical (unpaired) electrons. The minimum Gasteiger partial charge on any atom is -0.423 e. The molecular formula is C24H20BrNO2. The van der Waals surface area contributed by atoms with Crippen LogP contribution in [0.3, 0.4) is 0 Å². The van der Waals surface area contributed by atoms with Crippen molar-refractivity contribution in [3.8, 4) is 5.75 Å². The van der Waals surface area contributed by atoms with Gasteiger partial charge in [0.2, 0.25) is 0 Å². The van der Waals surface area contributed by atoms with Crippen LogP contribution in [0.25, 0.3) is 6.08 Å². The van der Waals surface area contributed by atoms with Gasteiger partial charge in [0.25, 0.3) is 0 Å². The second kappa shape index (κ2) is 9.29. The first-order chi connectivity index (χ1) is 13.5. The van der Waals surface area contributed by atoms with Gasteiger partial charge in [-0.3, -0.25) is 4.99 Å². The Morgan fingerprint density at radius 2 is 1.61 bits per heavy atom. The second-order valence-electron chi connectivity index (χ2n) is 6.42. The zero-order chi connectivity index (χ0) is 19.9. The van der Waals surface area contributed by atoms with Crippen molar-refractivity contribution in [1.29, 1.82) is 0 Å². The number of benzene rings is 3. The summed E-state index contributed by atoms with van der Waals surface area (Å²) < 4.78 is 6.32. The summed E-state index contributed by atoms with van der Waals surface area (Å²) in [7, 11) is 0. The van der Waals surface area contributed by atoms with E-state index in [1.54, 1.807) is 24.4 Å². The normalized spacial score (nSPS) is 11.2. The van der Waals surface area contributed by atoms with E-state index in [0.29, 0.717) is 5.75 Å². The molecule has 0 amide bonds. The predicted molar refractivity (Wildman–Crippen MR) is 118 cm³/mol. The van der Waals surface area contributed by atoms with Crippen molar-refractivity contribution in [3.63, 3.8) is 0 Å². The molecule has 0 aromatic heterocycles. The summed E-state index contributed by atoms with van der Waals surface area (Å²) in [6.07, 6.45) is 4.94. The fourth-order valence-corrected chi connectivity index (χ4v) is 2.87. The number of esters is 1. The third-order valence-electron chi connectivity index (χ3n) is 4.09. The Balaban J connectivity index is 1.60. The summed E-state index contributed by atoms with van der Waals surface area (Å²) in [6, 6.07) is 21.1. The fourth-order valence-electron chi connectivity index (χ4n) is 2.60. The maximum atomic E-state index is 12.0. The van der Waals surface area contributed by atoms with Crippen LogP contribution >= 0.6 is 15.9 Å². The Kier molecular flexibility index (Phi) is 6.56. The van der Waals surface area contributed by atoms with Crippen LogP contribution < -0.4 is 4.74 Å². The van der Waals surface area contributed by atoms with Gasteiger partial charge in [-0.1, -0.05) is 45.8 Å². The number of aryl methyl sites for hydroxylation is 2. The second-order valence-corrected chi connectivity index (χ2v) is 7.34. The number of ether oxygens (including phenoxy) is 1. The molecule has 3 aromatic carbocycles. The minimum atomic E-state index is -0.417. The number of nitrogens with zero attached hydrogens (tertiary/aromatic N) is 1. The summed E-state index contributed by atoms with van der Waals surface area (Å²) in [6.45, 7) is 4.11. The maximum absolute atomic E-state index is 12.0. The van der Waals surface area contributed by atoms with E-state index in [4.69, 9.17) is 4.74 Å². The third kappa shape index (κ3) is 5.76. The van der Waals surface area contributed by atoms with Crippen LogP contribution in [-0.4, -0.2) is 12.2 Å². The van der Waals surface area contributed by atoms with E-state index in [0.717, 1.165) is 26.9 Å². The summed E-state index contributed by atoms with van der Waals surface area (Å²) in [4.78, 5) is 16.5. The van der Waals surface area contributed by atoms with E-state index in [-0.39, 0.29) is 0 Å². The Hall–Kier alpha value is -2.98. The lowest BCUT2D eigenvalue weighted by atomic mass is 10.1. The average Bonchev–Trinajstić information content (AvgIpc) is 2.68. The van der Waals surface area contributed by atoms with Gasteiger partial charge in [-0.05, 0) is 79.1 Å².